The molecule has 0 N–H and O–H groups in total. The standard InChI is InChI=1S/C14H14AsN5/c1-20(2)13-11-12(18-14(15)19-13)16-8-10(17-11)9-6-4-3-5-7-9/h3-8H,15H2,1-2H3. The second-order valence-electron chi connectivity index (χ2n) is 4.59. The van der Waals surface area contributed by atoms with Crippen LogP contribution in [0, 0.1) is 0 Å². The third-order valence-electron chi connectivity index (χ3n) is 2.90. The van der Waals surface area contributed by atoms with Gasteiger partial charge in [-0.1, -0.05) is 0 Å². The molecule has 0 aliphatic carbocycles. The SMILES string of the molecule is CN(C)c1nc([AsH2])nc2ncc(-c3ccccc3)nc12. The van der Waals surface area contributed by atoms with Crippen LogP contribution in [0.25, 0.3) is 22.4 Å². The van der Waals surface area contributed by atoms with Gasteiger partial charge in [0.05, 0.1) is 0 Å². The van der Waals surface area contributed by atoms with Crippen molar-refractivity contribution >= 4 is 38.4 Å². The van der Waals surface area contributed by atoms with Crippen molar-refractivity contribution in [3.8, 4) is 11.3 Å². The first-order valence-electron chi connectivity index (χ1n) is 6.18. The molecule has 3 rings (SSSR count). The number of aromatic nitrogens is 4. The third kappa shape index (κ3) is 2.37. The van der Waals surface area contributed by atoms with Gasteiger partial charge in [-0.25, -0.2) is 0 Å². The van der Waals surface area contributed by atoms with E-state index in [2.05, 4.69) is 19.9 Å². The molecule has 1 unspecified atom stereocenters. The summed E-state index contributed by atoms with van der Waals surface area (Å²) in [5, 5.41) is 0. The average molecular weight is 327 g/mol. The Hall–Kier alpha value is -2.00. The predicted molar refractivity (Wildman–Crippen MR) is 83.1 cm³/mol. The van der Waals surface area contributed by atoms with Gasteiger partial charge >= 0.3 is 125 Å². The van der Waals surface area contributed by atoms with E-state index < -0.39 is 0 Å². The fourth-order valence-corrected chi connectivity index (χ4v) is 2.48. The van der Waals surface area contributed by atoms with Crippen molar-refractivity contribution in [3.05, 3.63) is 36.5 Å². The summed E-state index contributed by atoms with van der Waals surface area (Å²) in [6.07, 6.45) is 1.76. The zero-order valence-electron chi connectivity index (χ0n) is 11.3. The summed E-state index contributed by atoms with van der Waals surface area (Å²) in [7, 11) is 3.90. The number of fused-ring (bicyclic) bond motifs is 1. The molecule has 1 aromatic carbocycles. The molecule has 2 heterocycles. The van der Waals surface area contributed by atoms with Gasteiger partial charge in [-0.05, 0) is 0 Å². The fraction of sp³-hybridized carbons (Fsp3) is 0.143. The first-order valence-corrected chi connectivity index (χ1v) is 7.39. The van der Waals surface area contributed by atoms with Crippen LogP contribution in [0.3, 0.4) is 0 Å². The normalized spacial score (nSPS) is 10.8. The van der Waals surface area contributed by atoms with Crippen molar-refractivity contribution in [2.45, 2.75) is 0 Å². The van der Waals surface area contributed by atoms with Crippen molar-refractivity contribution in [3.63, 3.8) is 0 Å². The molecule has 5 nitrogen and oxygen atoms in total. The first-order chi connectivity index (χ1) is 9.65. The van der Waals surface area contributed by atoms with Crippen molar-refractivity contribution in [1.82, 2.24) is 19.9 Å². The van der Waals surface area contributed by atoms with Crippen LogP contribution in [0.1, 0.15) is 0 Å². The number of benzene rings is 1. The Bertz CT molecular complexity index is 758. The summed E-state index contributed by atoms with van der Waals surface area (Å²) in [5.74, 6) is 0.805. The summed E-state index contributed by atoms with van der Waals surface area (Å²) < 4.78 is 0.760. The Balaban J connectivity index is 2.25. The molecule has 0 amide bonds. The molecule has 0 fully saturated rings. The first kappa shape index (κ1) is 13.0. The maximum atomic E-state index is 4.69. The molecule has 0 aliphatic heterocycles. The summed E-state index contributed by atoms with van der Waals surface area (Å²) in [6.45, 7) is 0. The molecular weight excluding hydrogens is 313 g/mol. The molecule has 1 atom stereocenters. The van der Waals surface area contributed by atoms with Gasteiger partial charge < -0.3 is 0 Å². The number of anilines is 1. The minimum atomic E-state index is 0.641. The zero-order valence-corrected chi connectivity index (χ0v) is 13.7. The molecule has 0 saturated carbocycles. The Labute approximate surface area is 125 Å². The van der Waals surface area contributed by atoms with Crippen molar-refractivity contribution < 1.29 is 0 Å². The van der Waals surface area contributed by atoms with E-state index in [1.54, 1.807) is 6.20 Å². The number of rotatable bonds is 2. The molecule has 2 aromatic heterocycles. The predicted octanol–water partition coefficient (Wildman–Crippen LogP) is 0.411. The molecule has 6 heteroatoms. The topological polar surface area (TPSA) is 54.8 Å². The van der Waals surface area contributed by atoms with Gasteiger partial charge in [0.25, 0.3) is 0 Å². The van der Waals surface area contributed by atoms with Gasteiger partial charge in [0.2, 0.25) is 0 Å². The van der Waals surface area contributed by atoms with Crippen LogP contribution >= 0.6 is 0 Å². The van der Waals surface area contributed by atoms with E-state index in [-0.39, 0.29) is 0 Å². The van der Waals surface area contributed by atoms with Crippen LogP contribution < -0.4 is 9.51 Å². The molecule has 0 bridgehead atoms. The van der Waals surface area contributed by atoms with Crippen LogP contribution in [-0.4, -0.2) is 50.9 Å². The summed E-state index contributed by atoms with van der Waals surface area (Å²) >= 11 is 1.38. The van der Waals surface area contributed by atoms with Gasteiger partial charge in [-0.15, -0.1) is 0 Å². The second-order valence-corrected chi connectivity index (χ2v) is 5.68. The Morgan fingerprint density at radius 3 is 2.45 bits per heavy atom. The van der Waals surface area contributed by atoms with Crippen LogP contribution in [-0.2, 0) is 0 Å². The Morgan fingerprint density at radius 1 is 1.00 bits per heavy atom. The van der Waals surface area contributed by atoms with E-state index in [0.29, 0.717) is 5.65 Å². The molecular formula is C14H14AsN5. The Kier molecular flexibility index (Phi) is 3.36. The molecule has 100 valence electrons. The molecule has 0 spiro atoms. The van der Waals surface area contributed by atoms with Crippen molar-refractivity contribution in [2.24, 2.45) is 0 Å². The summed E-state index contributed by atoms with van der Waals surface area (Å²) in [4.78, 5) is 19.9. The van der Waals surface area contributed by atoms with E-state index >= 15 is 0 Å². The van der Waals surface area contributed by atoms with Crippen LogP contribution in [0.2, 0.25) is 0 Å². The average Bonchev–Trinajstić information content (AvgIpc) is 2.46. The van der Waals surface area contributed by atoms with Gasteiger partial charge in [-0.2, -0.15) is 0 Å². The van der Waals surface area contributed by atoms with Crippen LogP contribution in [0.5, 0.6) is 0 Å². The van der Waals surface area contributed by atoms with Crippen molar-refractivity contribution in [1.29, 1.82) is 0 Å². The van der Waals surface area contributed by atoms with Crippen LogP contribution in [0.15, 0.2) is 36.5 Å². The quantitative estimate of drug-likeness (QED) is 0.638. The van der Waals surface area contributed by atoms with Gasteiger partial charge in [0.1, 0.15) is 0 Å². The number of hydrogen-bond donors (Lipinski definition) is 0. The van der Waals surface area contributed by atoms with E-state index in [0.717, 1.165) is 27.2 Å². The van der Waals surface area contributed by atoms with Gasteiger partial charge in [-0.3, -0.25) is 0 Å². The maximum absolute atomic E-state index is 4.69. The van der Waals surface area contributed by atoms with Gasteiger partial charge in [0, 0.05) is 0 Å². The molecule has 0 saturated heterocycles. The minimum absolute atomic E-state index is 0.641. The molecule has 0 aliphatic rings. The fourth-order valence-electron chi connectivity index (χ4n) is 1.97. The zero-order chi connectivity index (χ0) is 14.1. The second kappa shape index (κ2) is 5.17. The van der Waals surface area contributed by atoms with E-state index in [4.69, 9.17) is 0 Å². The third-order valence-corrected chi connectivity index (χ3v) is 3.44. The molecule has 0 radical (unpaired) electrons. The number of hydrogen-bond acceptors (Lipinski definition) is 5. The Morgan fingerprint density at radius 2 is 1.75 bits per heavy atom. The van der Waals surface area contributed by atoms with Crippen LogP contribution in [0.4, 0.5) is 5.82 Å². The summed E-state index contributed by atoms with van der Waals surface area (Å²) in [6, 6.07) is 9.99. The number of nitrogens with zero attached hydrogens (tertiary/aromatic N) is 5. The molecule has 20 heavy (non-hydrogen) atoms. The van der Waals surface area contributed by atoms with Gasteiger partial charge in [0.15, 0.2) is 0 Å². The van der Waals surface area contributed by atoms with Crippen molar-refractivity contribution in [2.75, 3.05) is 19.0 Å². The van der Waals surface area contributed by atoms with E-state index in [1.807, 2.05) is 49.3 Å². The van der Waals surface area contributed by atoms with E-state index in [9.17, 15) is 0 Å². The summed E-state index contributed by atoms with van der Waals surface area (Å²) in [5.41, 5.74) is 3.25. The van der Waals surface area contributed by atoms with E-state index in [1.165, 1.54) is 16.9 Å². The molecule has 3 aromatic rings. The monoisotopic (exact) mass is 327 g/mol.